The smallest absolute Gasteiger partial charge is 0.133 e. The molecule has 0 N–H and O–H groups in total. The van der Waals surface area contributed by atoms with Crippen LogP contribution in [-0.2, 0) is 18.3 Å². The number of hydrogen-bond acceptors (Lipinski definition) is 2. The Labute approximate surface area is 130 Å². The third-order valence-corrected chi connectivity index (χ3v) is 4.37. The predicted molar refractivity (Wildman–Crippen MR) is 88.6 cm³/mol. The summed E-state index contributed by atoms with van der Waals surface area (Å²) in [6.45, 7) is 6.35. The molecule has 1 aromatic heterocycles. The number of carbonyl (C=O) groups excluding carboxylic acids is 1. The number of unbranched alkanes of at least 4 members (excludes halogenated alkanes) is 6. The van der Waals surface area contributed by atoms with Crippen LogP contribution < -0.4 is 0 Å². The lowest BCUT2D eigenvalue weighted by Crippen LogP contribution is -2.02. The summed E-state index contributed by atoms with van der Waals surface area (Å²) in [6, 6.07) is 0. The van der Waals surface area contributed by atoms with Crippen LogP contribution in [0, 0.1) is 13.8 Å². The van der Waals surface area contributed by atoms with Crippen molar-refractivity contribution in [2.75, 3.05) is 0 Å². The topological polar surface area (TPSA) is 34.9 Å². The lowest BCUT2D eigenvalue weighted by atomic mass is 10.0. The molecule has 0 amide bonds. The van der Waals surface area contributed by atoms with E-state index in [-0.39, 0.29) is 0 Å². The Balaban J connectivity index is 2.14. The van der Waals surface area contributed by atoms with E-state index in [2.05, 4.69) is 18.9 Å². The Morgan fingerprint density at radius 1 is 1.00 bits per heavy atom. The molecule has 3 nitrogen and oxygen atoms in total. The fourth-order valence-corrected chi connectivity index (χ4v) is 2.85. The second-order valence-corrected chi connectivity index (χ2v) is 6.18. The molecule has 1 rings (SSSR count). The van der Waals surface area contributed by atoms with Gasteiger partial charge in [0.15, 0.2) is 0 Å². The van der Waals surface area contributed by atoms with Crippen LogP contribution in [0.4, 0.5) is 0 Å². The van der Waals surface area contributed by atoms with Gasteiger partial charge in [0.1, 0.15) is 5.78 Å². The predicted octanol–water partition coefficient (Wildman–Crippen LogP) is 4.68. The van der Waals surface area contributed by atoms with Crippen LogP contribution in [0.5, 0.6) is 0 Å². The summed E-state index contributed by atoms with van der Waals surface area (Å²) in [4.78, 5) is 12.0. The van der Waals surface area contributed by atoms with Crippen LogP contribution in [-0.4, -0.2) is 15.6 Å². The first-order chi connectivity index (χ1) is 10.1. The maximum absolute atomic E-state index is 12.0. The van der Waals surface area contributed by atoms with Crippen molar-refractivity contribution in [1.82, 2.24) is 9.78 Å². The van der Waals surface area contributed by atoms with Gasteiger partial charge in [-0.2, -0.15) is 5.10 Å². The Morgan fingerprint density at radius 3 is 2.19 bits per heavy atom. The van der Waals surface area contributed by atoms with Crippen molar-refractivity contribution >= 4 is 5.78 Å². The molecule has 21 heavy (non-hydrogen) atoms. The largest absolute Gasteiger partial charge is 0.300 e. The Bertz CT molecular complexity index is 435. The number of rotatable bonds is 11. The van der Waals surface area contributed by atoms with Gasteiger partial charge < -0.3 is 0 Å². The monoisotopic (exact) mass is 292 g/mol. The van der Waals surface area contributed by atoms with Crippen molar-refractivity contribution in [3.8, 4) is 0 Å². The van der Waals surface area contributed by atoms with E-state index >= 15 is 0 Å². The van der Waals surface area contributed by atoms with E-state index in [1.165, 1.54) is 49.8 Å². The van der Waals surface area contributed by atoms with E-state index in [0.29, 0.717) is 12.2 Å². The molecule has 0 aliphatic heterocycles. The number of hydrogen-bond donors (Lipinski definition) is 0. The molecule has 0 aliphatic rings. The van der Waals surface area contributed by atoms with Crippen LogP contribution in [0.25, 0.3) is 0 Å². The van der Waals surface area contributed by atoms with Crippen molar-refractivity contribution in [3.63, 3.8) is 0 Å². The summed E-state index contributed by atoms with van der Waals surface area (Å²) in [5.41, 5.74) is 3.51. The Hall–Kier alpha value is -1.12. The fraction of sp³-hybridized carbons (Fsp3) is 0.778. The molecule has 0 unspecified atom stereocenters. The average Bonchev–Trinajstić information content (AvgIpc) is 2.69. The highest BCUT2D eigenvalue weighted by Crippen LogP contribution is 2.15. The third kappa shape index (κ3) is 6.45. The summed E-state index contributed by atoms with van der Waals surface area (Å²) in [6.07, 6.45) is 11.2. The molecular formula is C18H32N2O. The summed E-state index contributed by atoms with van der Waals surface area (Å²) in [5.74, 6) is 0.409. The van der Waals surface area contributed by atoms with Gasteiger partial charge in [-0.05, 0) is 32.3 Å². The Morgan fingerprint density at radius 2 is 1.62 bits per heavy atom. The SMILES string of the molecule is CCCCCCCCCC(=O)CCc1c(C)nn(C)c1C. The van der Waals surface area contributed by atoms with Gasteiger partial charge in [0.25, 0.3) is 0 Å². The van der Waals surface area contributed by atoms with Crippen LogP contribution >= 0.6 is 0 Å². The zero-order valence-corrected chi connectivity index (χ0v) is 14.4. The van der Waals surface area contributed by atoms with Crippen LogP contribution in [0.15, 0.2) is 0 Å². The minimum atomic E-state index is 0.409. The highest BCUT2D eigenvalue weighted by atomic mass is 16.1. The van der Waals surface area contributed by atoms with Crippen molar-refractivity contribution < 1.29 is 4.79 Å². The molecule has 0 saturated carbocycles. The quantitative estimate of drug-likeness (QED) is 0.555. The van der Waals surface area contributed by atoms with Crippen molar-refractivity contribution in [1.29, 1.82) is 0 Å². The van der Waals surface area contributed by atoms with Gasteiger partial charge in [0.2, 0.25) is 0 Å². The van der Waals surface area contributed by atoms with Gasteiger partial charge in [0.05, 0.1) is 5.69 Å². The number of aryl methyl sites for hydroxylation is 2. The minimum Gasteiger partial charge on any atom is -0.300 e. The van der Waals surface area contributed by atoms with Crippen LogP contribution in [0.3, 0.4) is 0 Å². The number of nitrogens with zero attached hydrogens (tertiary/aromatic N) is 2. The number of ketones is 1. The van der Waals surface area contributed by atoms with E-state index in [0.717, 1.165) is 25.0 Å². The molecule has 1 aromatic rings. The highest BCUT2D eigenvalue weighted by molar-refractivity contribution is 5.78. The fourth-order valence-electron chi connectivity index (χ4n) is 2.85. The number of Topliss-reactive ketones (excluding diaryl/α,β-unsaturated/α-hetero) is 1. The number of aromatic nitrogens is 2. The normalized spacial score (nSPS) is 11.0. The van der Waals surface area contributed by atoms with Gasteiger partial charge in [-0.3, -0.25) is 9.48 Å². The summed E-state index contributed by atoms with van der Waals surface area (Å²) >= 11 is 0. The molecule has 0 spiro atoms. The zero-order valence-electron chi connectivity index (χ0n) is 14.4. The van der Waals surface area contributed by atoms with Crippen LogP contribution in [0.1, 0.15) is 81.7 Å². The molecular weight excluding hydrogens is 260 g/mol. The minimum absolute atomic E-state index is 0.409. The first-order valence-electron chi connectivity index (χ1n) is 8.57. The molecule has 1 heterocycles. The summed E-state index contributed by atoms with van der Waals surface area (Å²) in [5, 5.41) is 4.40. The molecule has 0 bridgehead atoms. The molecule has 0 saturated heterocycles. The third-order valence-electron chi connectivity index (χ3n) is 4.37. The van der Waals surface area contributed by atoms with Crippen molar-refractivity contribution in [2.24, 2.45) is 7.05 Å². The van der Waals surface area contributed by atoms with Crippen molar-refractivity contribution in [2.45, 2.75) is 85.0 Å². The van der Waals surface area contributed by atoms with Crippen LogP contribution in [0.2, 0.25) is 0 Å². The maximum Gasteiger partial charge on any atom is 0.133 e. The standard InChI is InChI=1S/C18H32N2O/c1-5-6-7-8-9-10-11-12-17(21)13-14-18-15(2)19-20(4)16(18)3/h5-14H2,1-4H3. The van der Waals surface area contributed by atoms with Gasteiger partial charge in [0, 0.05) is 25.6 Å². The highest BCUT2D eigenvalue weighted by Gasteiger charge is 2.11. The molecule has 0 fully saturated rings. The van der Waals surface area contributed by atoms with E-state index in [1.807, 2.05) is 18.7 Å². The second kappa shape index (κ2) is 9.75. The molecule has 3 heteroatoms. The van der Waals surface area contributed by atoms with Gasteiger partial charge in [-0.25, -0.2) is 0 Å². The summed E-state index contributed by atoms with van der Waals surface area (Å²) in [7, 11) is 1.96. The summed E-state index contributed by atoms with van der Waals surface area (Å²) < 4.78 is 1.91. The van der Waals surface area contributed by atoms with Crippen molar-refractivity contribution in [3.05, 3.63) is 17.0 Å². The van der Waals surface area contributed by atoms with Gasteiger partial charge in [-0.1, -0.05) is 45.4 Å². The van der Waals surface area contributed by atoms with E-state index in [4.69, 9.17) is 0 Å². The molecule has 0 atom stereocenters. The second-order valence-electron chi connectivity index (χ2n) is 6.18. The Kier molecular flexibility index (Phi) is 8.33. The first-order valence-corrected chi connectivity index (χ1v) is 8.57. The van der Waals surface area contributed by atoms with E-state index in [1.54, 1.807) is 0 Å². The van der Waals surface area contributed by atoms with Gasteiger partial charge >= 0.3 is 0 Å². The lowest BCUT2D eigenvalue weighted by molar-refractivity contribution is -0.119. The van der Waals surface area contributed by atoms with E-state index < -0.39 is 0 Å². The van der Waals surface area contributed by atoms with Gasteiger partial charge in [-0.15, -0.1) is 0 Å². The number of carbonyl (C=O) groups is 1. The molecule has 0 aromatic carbocycles. The molecule has 120 valence electrons. The average molecular weight is 292 g/mol. The molecule has 0 radical (unpaired) electrons. The van der Waals surface area contributed by atoms with E-state index in [9.17, 15) is 4.79 Å². The maximum atomic E-state index is 12.0. The zero-order chi connectivity index (χ0) is 15.7. The lowest BCUT2D eigenvalue weighted by Gasteiger charge is -2.03. The molecule has 0 aliphatic carbocycles. The first kappa shape index (κ1) is 17.9.